The number of hydrogen-bond donors (Lipinski definition) is 3. The zero-order chi connectivity index (χ0) is 38.4. The molecule has 7 rings (SSSR count). The van der Waals surface area contributed by atoms with Crippen LogP contribution in [0.15, 0.2) is 154 Å². The van der Waals surface area contributed by atoms with E-state index in [4.69, 9.17) is 0 Å². The molecule has 0 spiro atoms. The minimum absolute atomic E-state index is 0.0849. The lowest BCUT2D eigenvalue weighted by atomic mass is 9.77. The van der Waals surface area contributed by atoms with E-state index in [2.05, 4.69) is 30.6 Å². The first-order valence-electron chi connectivity index (χ1n) is 16.6. The summed E-state index contributed by atoms with van der Waals surface area (Å²) in [4.78, 5) is 54.4. The molecule has 11 nitrogen and oxygen atoms in total. The molecule has 2 aliphatic rings. The van der Waals surface area contributed by atoms with Gasteiger partial charge in [-0.1, -0.05) is 108 Å². The van der Waals surface area contributed by atoms with Crippen LogP contribution < -0.4 is 10.6 Å². The number of anilines is 1. The van der Waals surface area contributed by atoms with Crippen molar-refractivity contribution in [1.29, 1.82) is 0 Å². The summed E-state index contributed by atoms with van der Waals surface area (Å²) in [6, 6.07) is 31.6. The summed E-state index contributed by atoms with van der Waals surface area (Å²) >= 11 is 3.71. The number of fused-ring (bicyclic) bond motifs is 1. The number of carboxylic acids is 1. The van der Waals surface area contributed by atoms with Crippen molar-refractivity contribution in [3.63, 3.8) is 0 Å². The van der Waals surface area contributed by atoms with Crippen molar-refractivity contribution in [2.75, 3.05) is 11.1 Å². The number of thiazole rings is 1. The van der Waals surface area contributed by atoms with Crippen molar-refractivity contribution in [1.82, 2.24) is 20.2 Å². The van der Waals surface area contributed by atoms with E-state index in [1.165, 1.54) is 28.9 Å². The van der Waals surface area contributed by atoms with Crippen LogP contribution in [0.25, 0.3) is 0 Å². The molecule has 0 radical (unpaired) electrons. The molecule has 2 atom stereocenters. The minimum atomic E-state index is -3.35. The zero-order valence-corrected chi connectivity index (χ0v) is 30.9. The summed E-state index contributed by atoms with van der Waals surface area (Å²) in [5.41, 5.74) is 1.21. The minimum Gasteiger partial charge on any atom is -0.477 e. The normalized spacial score (nSPS) is 17.2. The average molecular weight is 797 g/mol. The SMILES string of the molecule is O=C(O)C1=C(C=CSc2cccnc2)CS[C@H]2C(NC(=O)C(=NOC(F)F)c3csc(NC(c4ccccc4)(c4ccccc4)c4ccccc4)n3)C(=O)N12. The van der Waals surface area contributed by atoms with E-state index in [9.17, 15) is 28.3 Å². The van der Waals surface area contributed by atoms with Gasteiger partial charge in [-0.05, 0) is 45.9 Å². The van der Waals surface area contributed by atoms with Gasteiger partial charge in [-0.2, -0.15) is 8.78 Å². The van der Waals surface area contributed by atoms with Gasteiger partial charge in [-0.15, -0.1) is 23.1 Å². The number of thioether (sulfide) groups is 2. The van der Waals surface area contributed by atoms with Crippen molar-refractivity contribution in [3.8, 4) is 0 Å². The van der Waals surface area contributed by atoms with Gasteiger partial charge in [0.05, 0.1) is 0 Å². The number of aromatic nitrogens is 2. The predicted molar refractivity (Wildman–Crippen MR) is 207 cm³/mol. The van der Waals surface area contributed by atoms with E-state index >= 15 is 0 Å². The number of hydrogen-bond acceptors (Lipinski definition) is 11. The van der Waals surface area contributed by atoms with E-state index in [0.29, 0.717) is 10.7 Å². The number of halogens is 2. The molecule has 1 saturated heterocycles. The first-order chi connectivity index (χ1) is 26.8. The van der Waals surface area contributed by atoms with Gasteiger partial charge < -0.3 is 20.6 Å². The molecule has 2 amide bonds. The largest absolute Gasteiger partial charge is 0.477 e. The molecular formula is C39H30F2N6O5S3. The molecule has 55 heavy (non-hydrogen) atoms. The number of allylic oxidation sites excluding steroid dienone is 1. The van der Waals surface area contributed by atoms with E-state index in [1.807, 2.05) is 97.1 Å². The molecule has 16 heteroatoms. The van der Waals surface area contributed by atoms with Crippen molar-refractivity contribution in [2.24, 2.45) is 5.16 Å². The van der Waals surface area contributed by atoms with Crippen LogP contribution in [-0.4, -0.2) is 67.2 Å². The number of aliphatic carboxylic acids is 1. The lowest BCUT2D eigenvalue weighted by Crippen LogP contribution is -2.71. The second-order valence-electron chi connectivity index (χ2n) is 12.0. The number of rotatable bonds is 14. The van der Waals surface area contributed by atoms with Gasteiger partial charge in [0.2, 0.25) is 0 Å². The van der Waals surface area contributed by atoms with Crippen molar-refractivity contribution in [2.45, 2.75) is 28.5 Å². The lowest BCUT2D eigenvalue weighted by molar-refractivity contribution is -0.150. The van der Waals surface area contributed by atoms with Gasteiger partial charge >= 0.3 is 12.6 Å². The molecule has 4 heterocycles. The van der Waals surface area contributed by atoms with Crippen LogP contribution in [0.2, 0.25) is 0 Å². The maximum Gasteiger partial charge on any atom is 0.407 e. The lowest BCUT2D eigenvalue weighted by Gasteiger charge is -2.49. The van der Waals surface area contributed by atoms with Gasteiger partial charge in [-0.25, -0.2) is 9.78 Å². The molecular weight excluding hydrogens is 767 g/mol. The van der Waals surface area contributed by atoms with Gasteiger partial charge in [0.15, 0.2) is 10.8 Å². The summed E-state index contributed by atoms with van der Waals surface area (Å²) in [7, 11) is 0. The Labute approximate surface area is 326 Å². The highest BCUT2D eigenvalue weighted by Crippen LogP contribution is 2.42. The number of carbonyl (C=O) groups is 3. The Morgan fingerprint density at radius 3 is 2.18 bits per heavy atom. The number of pyridine rings is 1. The number of carbonyl (C=O) groups excluding carboxylic acids is 2. The molecule has 3 aromatic carbocycles. The smallest absolute Gasteiger partial charge is 0.407 e. The fourth-order valence-electron chi connectivity index (χ4n) is 6.27. The fraction of sp³-hybridized carbons (Fsp3) is 0.128. The number of nitrogens with one attached hydrogen (secondary N) is 2. The summed E-state index contributed by atoms with van der Waals surface area (Å²) in [6.07, 6.45) is 4.94. The van der Waals surface area contributed by atoms with E-state index in [1.54, 1.807) is 29.9 Å². The number of β-lactam (4-membered cyclic amide) rings is 1. The molecule has 0 bridgehead atoms. The molecule has 1 unspecified atom stereocenters. The van der Waals surface area contributed by atoms with Gasteiger partial charge in [0.25, 0.3) is 11.8 Å². The van der Waals surface area contributed by atoms with Crippen LogP contribution in [0.5, 0.6) is 0 Å². The summed E-state index contributed by atoms with van der Waals surface area (Å²) in [5.74, 6) is -2.75. The quantitative estimate of drug-likeness (QED) is 0.0356. The van der Waals surface area contributed by atoms with Crippen LogP contribution in [0, 0.1) is 0 Å². The number of alkyl halides is 2. The molecule has 0 aliphatic carbocycles. The molecule has 278 valence electrons. The van der Waals surface area contributed by atoms with Crippen LogP contribution in [0.1, 0.15) is 22.4 Å². The third kappa shape index (κ3) is 7.87. The molecule has 5 aromatic rings. The number of amides is 2. The molecule has 0 saturated carbocycles. The van der Waals surface area contributed by atoms with Crippen molar-refractivity contribution < 1.29 is 33.1 Å². The zero-order valence-electron chi connectivity index (χ0n) is 28.5. The van der Waals surface area contributed by atoms with Crippen LogP contribution in [0.4, 0.5) is 13.9 Å². The van der Waals surface area contributed by atoms with Crippen molar-refractivity contribution >= 4 is 63.5 Å². The van der Waals surface area contributed by atoms with Gasteiger partial charge in [0, 0.05) is 28.4 Å². The molecule has 1 fully saturated rings. The highest BCUT2D eigenvalue weighted by molar-refractivity contribution is 8.02. The Kier molecular flexibility index (Phi) is 11.4. The number of oxime groups is 1. The first kappa shape index (κ1) is 37.5. The Morgan fingerprint density at radius 2 is 1.62 bits per heavy atom. The number of nitrogens with zero attached hydrogens (tertiary/aromatic N) is 4. The molecule has 2 aliphatic heterocycles. The van der Waals surface area contributed by atoms with E-state index < -0.39 is 47.1 Å². The van der Waals surface area contributed by atoms with E-state index in [0.717, 1.165) is 37.8 Å². The highest BCUT2D eigenvalue weighted by atomic mass is 32.2. The van der Waals surface area contributed by atoms with Crippen LogP contribution >= 0.6 is 34.9 Å². The van der Waals surface area contributed by atoms with Crippen LogP contribution in [-0.2, 0) is 24.8 Å². The van der Waals surface area contributed by atoms with E-state index in [-0.39, 0.29) is 17.1 Å². The third-order valence-electron chi connectivity index (χ3n) is 8.70. The maximum atomic E-state index is 13.7. The maximum absolute atomic E-state index is 13.7. The summed E-state index contributed by atoms with van der Waals surface area (Å²) in [5, 5.41) is 22.4. The predicted octanol–water partition coefficient (Wildman–Crippen LogP) is 6.93. The van der Waals surface area contributed by atoms with Crippen molar-refractivity contribution in [3.05, 3.63) is 166 Å². The third-order valence-corrected chi connectivity index (χ3v) is 11.5. The Hall–Kier alpha value is -5.84. The van der Waals surface area contributed by atoms with Gasteiger partial charge in [0.1, 0.15) is 28.3 Å². The van der Waals surface area contributed by atoms with Gasteiger partial charge in [-0.3, -0.25) is 19.5 Å². The molecule has 3 N–H and O–H groups in total. The number of benzene rings is 3. The summed E-state index contributed by atoms with van der Waals surface area (Å²) < 4.78 is 26.6. The summed E-state index contributed by atoms with van der Waals surface area (Å²) in [6.45, 7) is -3.35. The monoisotopic (exact) mass is 796 g/mol. The average Bonchev–Trinajstić information content (AvgIpc) is 3.67. The van der Waals surface area contributed by atoms with Crippen LogP contribution in [0.3, 0.4) is 0 Å². The standard InChI is InChI=1S/C39H30F2N6O5S3/c40-37(41)52-46-30(33(48)44-31-34(49)47-32(36(50)51)24(22-54-35(31)47)18-20-53-28-17-10-19-42-21-28)29-23-55-38(43-29)45-39(25-11-4-1-5-12-25,26-13-6-2-7-14-26)27-15-8-3-9-16-27/h1-21,23,31,35,37H,22H2,(H,43,45)(H,44,48)(H,50,51)/t31?,35-/m0/s1. The Morgan fingerprint density at radius 1 is 0.982 bits per heavy atom. The Balaban J connectivity index is 1.15. The highest BCUT2D eigenvalue weighted by Gasteiger charge is 2.54. The second kappa shape index (κ2) is 16.7. The topological polar surface area (TPSA) is 146 Å². The Bertz CT molecular complexity index is 2160. The first-order valence-corrected chi connectivity index (χ1v) is 19.4. The second-order valence-corrected chi connectivity index (χ2v) is 14.9. The fourth-order valence-corrected chi connectivity index (χ4v) is 9.01. The number of carboxylic acid groups (broad SMARTS) is 1. The molecule has 2 aromatic heterocycles.